The zero-order valence-electron chi connectivity index (χ0n) is 15.6. The van der Waals surface area contributed by atoms with Gasteiger partial charge in [-0.2, -0.15) is 0 Å². The number of amides is 1. The number of esters is 1. The molecular weight excluding hydrogens is 359 g/mol. The van der Waals surface area contributed by atoms with Crippen LogP contribution in [0.15, 0.2) is 60.7 Å². The van der Waals surface area contributed by atoms with E-state index in [9.17, 15) is 14.0 Å². The van der Waals surface area contributed by atoms with Gasteiger partial charge in [0.25, 0.3) is 5.91 Å². The monoisotopic (exact) mass is 380 g/mol. The van der Waals surface area contributed by atoms with Crippen LogP contribution in [-0.2, 0) is 27.3 Å². The zero-order valence-corrected chi connectivity index (χ0v) is 15.6. The van der Waals surface area contributed by atoms with Crippen molar-refractivity contribution in [3.63, 3.8) is 0 Å². The number of ether oxygens (including phenoxy) is 1. The normalized spacial score (nSPS) is 10.6. The van der Waals surface area contributed by atoms with Gasteiger partial charge >= 0.3 is 5.97 Å². The molecule has 6 heteroatoms. The third kappa shape index (κ3) is 5.36. The van der Waals surface area contributed by atoms with E-state index in [4.69, 9.17) is 4.74 Å². The maximum Gasteiger partial charge on any atom is 0.306 e. The van der Waals surface area contributed by atoms with Crippen LogP contribution in [0.25, 0.3) is 10.9 Å². The van der Waals surface area contributed by atoms with Crippen molar-refractivity contribution in [1.82, 2.24) is 9.88 Å². The highest BCUT2D eigenvalue weighted by Crippen LogP contribution is 2.13. The molecule has 0 fully saturated rings. The molecule has 0 saturated heterocycles. The minimum Gasteiger partial charge on any atom is -0.456 e. The molecule has 0 bridgehead atoms. The molecule has 28 heavy (non-hydrogen) atoms. The van der Waals surface area contributed by atoms with Crippen LogP contribution in [-0.4, -0.2) is 35.4 Å². The molecule has 0 N–H and O–H groups in total. The lowest BCUT2D eigenvalue weighted by Crippen LogP contribution is -2.30. The molecule has 1 aromatic heterocycles. The van der Waals surface area contributed by atoms with Gasteiger partial charge in [0.15, 0.2) is 6.61 Å². The van der Waals surface area contributed by atoms with Gasteiger partial charge in [-0.3, -0.25) is 14.6 Å². The third-order valence-corrected chi connectivity index (χ3v) is 4.36. The van der Waals surface area contributed by atoms with Gasteiger partial charge in [-0.05, 0) is 29.8 Å². The third-order valence-electron chi connectivity index (χ3n) is 4.36. The number of likely N-dealkylation sites (N-methyl/N-ethyl adjacent to an activating group) is 1. The molecule has 0 atom stereocenters. The topological polar surface area (TPSA) is 59.5 Å². The number of carbonyl (C=O) groups excluding carboxylic acids is 2. The molecule has 0 aliphatic carbocycles. The van der Waals surface area contributed by atoms with Crippen molar-refractivity contribution in [2.45, 2.75) is 19.4 Å². The smallest absolute Gasteiger partial charge is 0.306 e. The molecule has 0 spiro atoms. The van der Waals surface area contributed by atoms with Crippen LogP contribution in [0.4, 0.5) is 4.39 Å². The van der Waals surface area contributed by atoms with Crippen LogP contribution in [0, 0.1) is 5.82 Å². The Kier molecular flexibility index (Phi) is 6.32. The Labute approximate surface area is 162 Å². The Hall–Kier alpha value is -3.28. The summed E-state index contributed by atoms with van der Waals surface area (Å²) >= 11 is 0. The van der Waals surface area contributed by atoms with E-state index >= 15 is 0 Å². The molecule has 0 saturated carbocycles. The number of hydrogen-bond donors (Lipinski definition) is 0. The Morgan fingerprint density at radius 3 is 2.57 bits per heavy atom. The fourth-order valence-electron chi connectivity index (χ4n) is 2.75. The number of carbonyl (C=O) groups is 2. The lowest BCUT2D eigenvalue weighted by atomic mass is 10.1. The second-order valence-corrected chi connectivity index (χ2v) is 6.53. The quantitative estimate of drug-likeness (QED) is 0.589. The predicted octanol–water partition coefficient (Wildman–Crippen LogP) is 3.51. The summed E-state index contributed by atoms with van der Waals surface area (Å²) in [4.78, 5) is 30.0. The molecule has 5 nitrogen and oxygen atoms in total. The van der Waals surface area contributed by atoms with Crippen LogP contribution in [0.3, 0.4) is 0 Å². The molecule has 1 amide bonds. The van der Waals surface area contributed by atoms with Crippen molar-refractivity contribution in [1.29, 1.82) is 0 Å². The molecule has 0 radical (unpaired) electrons. The maximum absolute atomic E-state index is 12.9. The van der Waals surface area contributed by atoms with Crippen LogP contribution in [0.5, 0.6) is 0 Å². The van der Waals surface area contributed by atoms with Gasteiger partial charge in [0.2, 0.25) is 0 Å². The predicted molar refractivity (Wildman–Crippen MR) is 104 cm³/mol. The van der Waals surface area contributed by atoms with E-state index in [0.717, 1.165) is 22.2 Å². The number of fused-ring (bicyclic) bond motifs is 1. The van der Waals surface area contributed by atoms with Gasteiger partial charge in [0, 0.05) is 31.1 Å². The minimum absolute atomic E-state index is 0.153. The fourth-order valence-corrected chi connectivity index (χ4v) is 2.75. The van der Waals surface area contributed by atoms with Crippen LogP contribution in [0.2, 0.25) is 0 Å². The summed E-state index contributed by atoms with van der Waals surface area (Å²) in [7, 11) is 1.61. The van der Waals surface area contributed by atoms with Crippen LogP contribution >= 0.6 is 0 Å². The largest absolute Gasteiger partial charge is 0.456 e. The lowest BCUT2D eigenvalue weighted by Gasteiger charge is -2.17. The zero-order chi connectivity index (χ0) is 19.9. The molecule has 3 rings (SSSR count). The molecule has 0 aliphatic heterocycles. The summed E-state index contributed by atoms with van der Waals surface area (Å²) < 4.78 is 18.0. The summed E-state index contributed by atoms with van der Waals surface area (Å²) in [5.74, 6) is -1.09. The van der Waals surface area contributed by atoms with Crippen molar-refractivity contribution in [3.8, 4) is 0 Å². The van der Waals surface area contributed by atoms with Gasteiger partial charge in [0.1, 0.15) is 5.82 Å². The second kappa shape index (κ2) is 9.08. The van der Waals surface area contributed by atoms with E-state index in [2.05, 4.69) is 4.98 Å². The average molecular weight is 380 g/mol. The molecule has 1 heterocycles. The first-order valence-corrected chi connectivity index (χ1v) is 9.00. The SMILES string of the molecule is CN(Cc1ccc(F)cc1)C(=O)COC(=O)CCc1ccc2ccccc2n1. The number of rotatable bonds is 7. The fraction of sp³-hybridized carbons (Fsp3) is 0.227. The molecular formula is C22H21FN2O3. The van der Waals surface area contributed by atoms with E-state index in [1.807, 2.05) is 36.4 Å². The Morgan fingerprint density at radius 2 is 1.79 bits per heavy atom. The average Bonchev–Trinajstić information content (AvgIpc) is 2.71. The van der Waals surface area contributed by atoms with Gasteiger partial charge in [-0.1, -0.05) is 36.4 Å². The second-order valence-electron chi connectivity index (χ2n) is 6.53. The summed E-state index contributed by atoms with van der Waals surface area (Å²) in [6.07, 6.45) is 0.601. The summed E-state index contributed by atoms with van der Waals surface area (Å²) in [5, 5.41) is 1.05. The first kappa shape index (κ1) is 19.5. The van der Waals surface area contributed by atoms with Crippen molar-refractivity contribution in [2.75, 3.05) is 13.7 Å². The molecule has 0 unspecified atom stereocenters. The van der Waals surface area contributed by atoms with Crippen LogP contribution < -0.4 is 0 Å². The summed E-state index contributed by atoms with van der Waals surface area (Å²) in [6, 6.07) is 17.5. The molecule has 144 valence electrons. The van der Waals surface area contributed by atoms with E-state index in [1.54, 1.807) is 19.2 Å². The first-order chi connectivity index (χ1) is 13.5. The van der Waals surface area contributed by atoms with E-state index < -0.39 is 5.97 Å². The summed E-state index contributed by atoms with van der Waals surface area (Å²) in [5.41, 5.74) is 2.48. The highest BCUT2D eigenvalue weighted by Gasteiger charge is 2.13. The summed E-state index contributed by atoms with van der Waals surface area (Å²) in [6.45, 7) is -0.000645. The number of halogens is 1. The lowest BCUT2D eigenvalue weighted by molar-refractivity contribution is -0.151. The number of benzene rings is 2. The Morgan fingerprint density at radius 1 is 1.04 bits per heavy atom. The number of hydrogen-bond acceptors (Lipinski definition) is 4. The van der Waals surface area contributed by atoms with Crippen molar-refractivity contribution < 1.29 is 18.7 Å². The van der Waals surface area contributed by atoms with E-state index in [0.29, 0.717) is 13.0 Å². The van der Waals surface area contributed by atoms with Crippen molar-refractivity contribution in [2.24, 2.45) is 0 Å². The molecule has 0 aliphatic rings. The standard InChI is InChI=1S/C22H21FN2O3/c1-25(14-16-6-9-18(23)10-7-16)21(26)15-28-22(27)13-12-19-11-8-17-4-2-3-5-20(17)24-19/h2-11H,12-15H2,1H3. The van der Waals surface area contributed by atoms with Crippen LogP contribution in [0.1, 0.15) is 17.7 Å². The minimum atomic E-state index is -0.446. The maximum atomic E-state index is 12.9. The van der Waals surface area contributed by atoms with Gasteiger partial charge in [-0.25, -0.2) is 4.39 Å². The molecule has 2 aromatic carbocycles. The van der Waals surface area contributed by atoms with Gasteiger partial charge < -0.3 is 9.64 Å². The molecule has 3 aromatic rings. The van der Waals surface area contributed by atoms with Gasteiger partial charge in [0.05, 0.1) is 11.9 Å². The first-order valence-electron chi connectivity index (χ1n) is 9.00. The van der Waals surface area contributed by atoms with E-state index in [-0.39, 0.29) is 24.8 Å². The number of para-hydroxylation sites is 1. The number of aromatic nitrogens is 1. The van der Waals surface area contributed by atoms with Gasteiger partial charge in [-0.15, -0.1) is 0 Å². The highest BCUT2D eigenvalue weighted by molar-refractivity contribution is 5.81. The Bertz CT molecular complexity index is 973. The number of aryl methyl sites for hydroxylation is 1. The van der Waals surface area contributed by atoms with E-state index in [1.165, 1.54) is 17.0 Å². The van der Waals surface area contributed by atoms with Crippen molar-refractivity contribution in [3.05, 3.63) is 77.7 Å². The highest BCUT2D eigenvalue weighted by atomic mass is 19.1. The Balaban J connectivity index is 1.43. The number of pyridine rings is 1. The number of nitrogens with zero attached hydrogens (tertiary/aromatic N) is 2. The van der Waals surface area contributed by atoms with Crippen molar-refractivity contribution >= 4 is 22.8 Å².